The van der Waals surface area contributed by atoms with Crippen molar-refractivity contribution in [3.63, 3.8) is 0 Å². The third-order valence-electron chi connectivity index (χ3n) is 11.8. The standard InChI is InChI=1S/C28H46F2.CH5N.H2/c1-26-16-4-3-7-21(26)9-11-23-24-12-10-22(27(24,2)17-15-25(23)26)8-5-6-20-13-18-28(29,30)19-14-20;1-2;/h20-25H,3-19H2,1-2H3;2H2,1H3;1H. The monoisotopic (exact) mass is 453 g/mol. The zero-order valence-electron chi connectivity index (χ0n) is 21.3. The molecule has 0 bridgehead atoms. The average molecular weight is 454 g/mol. The van der Waals surface area contributed by atoms with Crippen LogP contribution in [0.2, 0.25) is 0 Å². The molecule has 0 aromatic carbocycles. The first-order chi connectivity index (χ1) is 15.3. The van der Waals surface area contributed by atoms with Gasteiger partial charge in [0.1, 0.15) is 0 Å². The summed E-state index contributed by atoms with van der Waals surface area (Å²) in [5.41, 5.74) is 5.74. The highest BCUT2D eigenvalue weighted by Gasteiger charge is 2.59. The molecule has 0 aliphatic heterocycles. The first-order valence-electron chi connectivity index (χ1n) is 14.3. The zero-order valence-corrected chi connectivity index (χ0v) is 21.3. The van der Waals surface area contributed by atoms with Crippen molar-refractivity contribution in [3.05, 3.63) is 0 Å². The molecule has 5 saturated carbocycles. The van der Waals surface area contributed by atoms with Crippen LogP contribution in [0, 0.1) is 46.3 Å². The van der Waals surface area contributed by atoms with Crippen LogP contribution in [0.4, 0.5) is 8.78 Å². The Morgan fingerprint density at radius 1 is 0.719 bits per heavy atom. The molecule has 0 heterocycles. The molecule has 7 unspecified atom stereocenters. The van der Waals surface area contributed by atoms with Crippen molar-refractivity contribution in [2.24, 2.45) is 52.1 Å². The number of hydrogen-bond acceptors (Lipinski definition) is 1. The number of fused-ring (bicyclic) bond motifs is 5. The van der Waals surface area contributed by atoms with E-state index in [4.69, 9.17) is 0 Å². The van der Waals surface area contributed by atoms with Gasteiger partial charge in [0.25, 0.3) is 0 Å². The van der Waals surface area contributed by atoms with Gasteiger partial charge in [-0.3, -0.25) is 0 Å². The summed E-state index contributed by atoms with van der Waals surface area (Å²) < 4.78 is 26.9. The van der Waals surface area contributed by atoms with E-state index in [0.717, 1.165) is 42.4 Å². The van der Waals surface area contributed by atoms with Crippen LogP contribution < -0.4 is 5.73 Å². The van der Waals surface area contributed by atoms with Crippen molar-refractivity contribution >= 4 is 0 Å². The predicted octanol–water partition coefficient (Wildman–Crippen LogP) is 8.85. The van der Waals surface area contributed by atoms with Crippen LogP contribution in [0.25, 0.3) is 0 Å². The molecule has 0 amide bonds. The Balaban J connectivity index is 0.000000994. The molecule has 32 heavy (non-hydrogen) atoms. The second-order valence-electron chi connectivity index (χ2n) is 13.0. The highest BCUT2D eigenvalue weighted by Crippen LogP contribution is 2.67. The third-order valence-corrected chi connectivity index (χ3v) is 11.8. The van der Waals surface area contributed by atoms with Gasteiger partial charge in [-0.2, -0.15) is 0 Å². The molecule has 5 aliphatic rings. The topological polar surface area (TPSA) is 26.0 Å². The van der Waals surface area contributed by atoms with Gasteiger partial charge in [-0.15, -0.1) is 0 Å². The lowest BCUT2D eigenvalue weighted by Gasteiger charge is -2.60. The summed E-state index contributed by atoms with van der Waals surface area (Å²) in [6.45, 7) is 5.36. The van der Waals surface area contributed by atoms with E-state index in [2.05, 4.69) is 19.6 Å². The van der Waals surface area contributed by atoms with Gasteiger partial charge >= 0.3 is 0 Å². The van der Waals surface area contributed by atoms with E-state index in [9.17, 15) is 8.78 Å². The molecule has 0 aromatic heterocycles. The molecule has 1 nitrogen and oxygen atoms in total. The van der Waals surface area contributed by atoms with Crippen LogP contribution in [0.1, 0.15) is 124 Å². The maximum atomic E-state index is 13.4. The Morgan fingerprint density at radius 3 is 2.19 bits per heavy atom. The summed E-state index contributed by atoms with van der Waals surface area (Å²) >= 11 is 0. The number of rotatable bonds is 4. The summed E-state index contributed by atoms with van der Waals surface area (Å²) in [5, 5.41) is 0. The lowest BCUT2D eigenvalue weighted by molar-refractivity contribution is -0.111. The van der Waals surface area contributed by atoms with Crippen LogP contribution >= 0.6 is 0 Å². The molecule has 0 saturated heterocycles. The van der Waals surface area contributed by atoms with Crippen LogP contribution in [0.3, 0.4) is 0 Å². The van der Waals surface area contributed by atoms with E-state index in [-0.39, 0.29) is 14.3 Å². The number of alkyl halides is 2. The number of halogens is 2. The fourth-order valence-electron chi connectivity index (χ4n) is 9.92. The molecule has 5 rings (SSSR count). The van der Waals surface area contributed by atoms with Crippen molar-refractivity contribution in [2.75, 3.05) is 7.05 Å². The smallest absolute Gasteiger partial charge is 0.248 e. The third kappa shape index (κ3) is 4.55. The SMILES string of the molecule is CC12CCCCC1CCC1C2CCC2(C)C(CCCC3CCC(F)(F)CC3)CCC12.CN.[HH]. The molecule has 7 atom stereocenters. The second-order valence-corrected chi connectivity index (χ2v) is 13.0. The maximum Gasteiger partial charge on any atom is 0.248 e. The van der Waals surface area contributed by atoms with Gasteiger partial charge in [-0.25, -0.2) is 8.78 Å². The predicted molar refractivity (Wildman–Crippen MR) is 133 cm³/mol. The van der Waals surface area contributed by atoms with Gasteiger partial charge < -0.3 is 5.73 Å². The van der Waals surface area contributed by atoms with Gasteiger partial charge in [-0.1, -0.05) is 39.5 Å². The fraction of sp³-hybridized carbons (Fsp3) is 1.00. The zero-order chi connectivity index (χ0) is 23.0. The van der Waals surface area contributed by atoms with E-state index in [1.165, 1.54) is 90.5 Å². The Morgan fingerprint density at radius 2 is 1.44 bits per heavy atom. The van der Waals surface area contributed by atoms with Crippen molar-refractivity contribution in [1.82, 2.24) is 0 Å². The molecule has 2 N–H and O–H groups in total. The number of hydrogen-bond donors (Lipinski definition) is 1. The summed E-state index contributed by atoms with van der Waals surface area (Å²) in [7, 11) is 1.50. The minimum atomic E-state index is -2.37. The van der Waals surface area contributed by atoms with E-state index < -0.39 is 5.92 Å². The Kier molecular flexibility index (Phi) is 7.65. The normalized spacial score (nSPS) is 45.8. The van der Waals surface area contributed by atoms with Crippen molar-refractivity contribution < 1.29 is 10.2 Å². The Bertz CT molecular complexity index is 617. The molecule has 188 valence electrons. The maximum absolute atomic E-state index is 13.4. The van der Waals surface area contributed by atoms with Gasteiger partial charge in [0, 0.05) is 14.3 Å². The van der Waals surface area contributed by atoms with E-state index in [0.29, 0.717) is 16.7 Å². The van der Waals surface area contributed by atoms with E-state index in [1.54, 1.807) is 0 Å². The van der Waals surface area contributed by atoms with Gasteiger partial charge in [0.2, 0.25) is 5.92 Å². The van der Waals surface area contributed by atoms with Crippen LogP contribution in [0.5, 0.6) is 0 Å². The summed E-state index contributed by atoms with van der Waals surface area (Å²) in [4.78, 5) is 0. The first kappa shape index (κ1) is 24.9. The van der Waals surface area contributed by atoms with Crippen LogP contribution in [-0.2, 0) is 0 Å². The quantitative estimate of drug-likeness (QED) is 0.452. The van der Waals surface area contributed by atoms with Crippen molar-refractivity contribution in [1.29, 1.82) is 0 Å². The molecule has 0 aromatic rings. The largest absolute Gasteiger partial charge is 0.333 e. The first-order valence-corrected chi connectivity index (χ1v) is 14.3. The molecule has 0 radical (unpaired) electrons. The average Bonchev–Trinajstić information content (AvgIpc) is 3.12. The second kappa shape index (κ2) is 9.82. The lowest BCUT2D eigenvalue weighted by Crippen LogP contribution is -2.52. The van der Waals surface area contributed by atoms with Crippen LogP contribution in [0.15, 0.2) is 0 Å². The minimum absolute atomic E-state index is 0. The van der Waals surface area contributed by atoms with Crippen molar-refractivity contribution in [3.8, 4) is 0 Å². The molecular weight excluding hydrogens is 400 g/mol. The van der Waals surface area contributed by atoms with Gasteiger partial charge in [-0.05, 0) is 124 Å². The highest BCUT2D eigenvalue weighted by atomic mass is 19.3. The minimum Gasteiger partial charge on any atom is -0.333 e. The van der Waals surface area contributed by atoms with E-state index >= 15 is 0 Å². The molecule has 5 aliphatic carbocycles. The Hall–Kier alpha value is -0.180. The highest BCUT2D eigenvalue weighted by molar-refractivity contribution is 5.08. The molecular formula is C29H53F2N. The summed E-state index contributed by atoms with van der Waals surface area (Å²) in [5.74, 6) is 3.14. The van der Waals surface area contributed by atoms with E-state index in [1.807, 2.05) is 0 Å². The van der Waals surface area contributed by atoms with Crippen LogP contribution in [-0.4, -0.2) is 13.0 Å². The summed E-state index contributed by atoms with van der Waals surface area (Å²) in [6, 6.07) is 0. The van der Waals surface area contributed by atoms with Crippen molar-refractivity contribution in [2.45, 2.75) is 129 Å². The molecule has 0 spiro atoms. The molecule has 3 heteroatoms. The molecule has 5 fully saturated rings. The summed E-state index contributed by atoms with van der Waals surface area (Å²) in [6.07, 6.45) is 20.6. The Labute approximate surface area is 198 Å². The van der Waals surface area contributed by atoms with Gasteiger partial charge in [0.15, 0.2) is 0 Å². The van der Waals surface area contributed by atoms with Gasteiger partial charge in [0.05, 0.1) is 0 Å². The fourth-order valence-corrected chi connectivity index (χ4v) is 9.92. The lowest BCUT2D eigenvalue weighted by atomic mass is 9.45. The number of nitrogens with two attached hydrogens (primary N) is 1.